The summed E-state index contributed by atoms with van der Waals surface area (Å²) in [6.07, 6.45) is 3.18. The van der Waals surface area contributed by atoms with E-state index >= 15 is 0 Å². The second-order valence-electron chi connectivity index (χ2n) is 9.55. The number of esters is 1. The fourth-order valence-electron chi connectivity index (χ4n) is 3.95. The van der Waals surface area contributed by atoms with E-state index < -0.39 is 29.2 Å². The third-order valence-electron chi connectivity index (χ3n) is 6.42. The average Bonchev–Trinajstić information content (AvgIpc) is 3.57. The highest BCUT2D eigenvalue weighted by Gasteiger charge is 2.55. The molecule has 11 nitrogen and oxygen atoms in total. The highest BCUT2D eigenvalue weighted by atomic mass is 19.1. The predicted octanol–water partition coefficient (Wildman–Crippen LogP) is 2.88. The Bertz CT molecular complexity index is 1360. The van der Waals surface area contributed by atoms with E-state index in [0.717, 1.165) is 0 Å². The van der Waals surface area contributed by atoms with E-state index in [2.05, 4.69) is 31.8 Å². The molecule has 1 saturated carbocycles. The zero-order valence-electron chi connectivity index (χ0n) is 20.7. The van der Waals surface area contributed by atoms with E-state index in [4.69, 9.17) is 19.9 Å². The number of aromatic nitrogens is 4. The molecule has 0 spiro atoms. The topological polar surface area (TPSA) is 154 Å². The smallest absolute Gasteiger partial charge is 0.317 e. The maximum Gasteiger partial charge on any atom is 0.317 e. The molecule has 3 aromatic rings. The molecule has 2 aliphatic rings. The molecule has 0 radical (unpaired) electrons. The average molecular weight is 523 g/mol. The van der Waals surface area contributed by atoms with Gasteiger partial charge in [-0.15, -0.1) is 6.58 Å². The molecule has 1 aliphatic heterocycles. The Morgan fingerprint density at radius 2 is 1.95 bits per heavy atom. The van der Waals surface area contributed by atoms with Gasteiger partial charge in [0.1, 0.15) is 11.2 Å². The van der Waals surface area contributed by atoms with Crippen molar-refractivity contribution in [3.8, 4) is 22.6 Å². The van der Waals surface area contributed by atoms with Crippen LogP contribution >= 0.6 is 0 Å². The number of anilines is 1. The Kier molecular flexibility index (Phi) is 6.67. The van der Waals surface area contributed by atoms with Crippen LogP contribution in [0.3, 0.4) is 0 Å². The van der Waals surface area contributed by atoms with Gasteiger partial charge in [-0.3, -0.25) is 9.59 Å². The van der Waals surface area contributed by atoms with Crippen LogP contribution in [0.4, 0.5) is 10.3 Å². The third kappa shape index (κ3) is 5.00. The van der Waals surface area contributed by atoms with Gasteiger partial charge in [0, 0.05) is 31.1 Å². The molecule has 0 bridgehead atoms. The number of carbonyl (C=O) groups excluding carboxylic acids is 2. The van der Waals surface area contributed by atoms with Gasteiger partial charge in [0.25, 0.3) is 5.91 Å². The fraction of sp³-hybridized carbons (Fsp3) is 0.346. The van der Waals surface area contributed by atoms with Crippen LogP contribution in [-0.2, 0) is 23.8 Å². The summed E-state index contributed by atoms with van der Waals surface area (Å²) >= 11 is 0. The maximum atomic E-state index is 13.6. The summed E-state index contributed by atoms with van der Waals surface area (Å²) in [6.45, 7) is 5.73. The van der Waals surface area contributed by atoms with Crippen molar-refractivity contribution < 1.29 is 28.2 Å². The fourth-order valence-corrected chi connectivity index (χ4v) is 3.95. The third-order valence-corrected chi connectivity index (χ3v) is 6.42. The van der Waals surface area contributed by atoms with Gasteiger partial charge < -0.3 is 30.2 Å². The van der Waals surface area contributed by atoms with E-state index in [-0.39, 0.29) is 19.0 Å². The van der Waals surface area contributed by atoms with Crippen LogP contribution in [0, 0.1) is 11.2 Å². The predicted molar refractivity (Wildman–Crippen MR) is 134 cm³/mol. The molecule has 1 aromatic carbocycles. The van der Waals surface area contributed by atoms with Crippen LogP contribution in [0.15, 0.2) is 49.2 Å². The summed E-state index contributed by atoms with van der Waals surface area (Å²) in [4.78, 5) is 41.1. The SMILES string of the molecule is C=CCNc1nccc(-c2[nH]c(C3OCC(C)(C(=O)OC4(C(N)=O)CC4)CO3)nc2-c2ccc(F)cc2)n1. The lowest BCUT2D eigenvalue weighted by Crippen LogP contribution is -2.47. The lowest BCUT2D eigenvalue weighted by Gasteiger charge is -2.35. The summed E-state index contributed by atoms with van der Waals surface area (Å²) < 4.78 is 30.8. The molecule has 2 fully saturated rings. The van der Waals surface area contributed by atoms with Gasteiger partial charge in [0.15, 0.2) is 11.4 Å². The maximum absolute atomic E-state index is 13.6. The number of hydrogen-bond donors (Lipinski definition) is 3. The quantitative estimate of drug-likeness (QED) is 0.284. The number of amides is 1. The van der Waals surface area contributed by atoms with Crippen LogP contribution in [0.5, 0.6) is 0 Å². The minimum Gasteiger partial charge on any atom is -0.448 e. The van der Waals surface area contributed by atoms with E-state index in [9.17, 15) is 14.0 Å². The zero-order valence-corrected chi connectivity index (χ0v) is 20.7. The Hall–Kier alpha value is -4.16. The molecule has 198 valence electrons. The number of H-pyrrole nitrogens is 1. The summed E-state index contributed by atoms with van der Waals surface area (Å²) in [5.74, 6) is -0.912. The molecular formula is C26H27FN6O5. The van der Waals surface area contributed by atoms with Gasteiger partial charge in [0.05, 0.1) is 30.3 Å². The van der Waals surface area contributed by atoms with Gasteiger partial charge in [0.2, 0.25) is 12.2 Å². The van der Waals surface area contributed by atoms with Crippen LogP contribution in [0.25, 0.3) is 22.6 Å². The standard InChI is InChI=1S/C26H27FN6O5/c1-3-11-29-24-30-12-8-17(31-24)19-18(15-4-6-16(27)7-5-15)32-20(33-19)21-36-13-25(2,14-37-21)23(35)38-26(9-10-26)22(28)34/h3-8,12,21H,1,9-11,13-14H2,2H3,(H2,28,34)(H,32,33)(H,29,30,31). The van der Waals surface area contributed by atoms with E-state index in [0.29, 0.717) is 53.8 Å². The molecule has 12 heteroatoms. The Morgan fingerprint density at radius 3 is 2.58 bits per heavy atom. The Morgan fingerprint density at radius 1 is 1.24 bits per heavy atom. The number of nitrogens with one attached hydrogen (secondary N) is 2. The van der Waals surface area contributed by atoms with Gasteiger partial charge in [-0.1, -0.05) is 6.08 Å². The van der Waals surface area contributed by atoms with Crippen molar-refractivity contribution in [2.24, 2.45) is 11.1 Å². The van der Waals surface area contributed by atoms with E-state index in [1.54, 1.807) is 37.4 Å². The molecule has 0 atom stereocenters. The van der Waals surface area contributed by atoms with Crippen molar-refractivity contribution in [3.05, 3.63) is 60.8 Å². The van der Waals surface area contributed by atoms with Gasteiger partial charge in [-0.2, -0.15) is 0 Å². The summed E-state index contributed by atoms with van der Waals surface area (Å²) in [5, 5.41) is 3.04. The number of benzene rings is 1. The highest BCUT2D eigenvalue weighted by molar-refractivity contribution is 5.90. The molecule has 2 aromatic heterocycles. The first-order valence-electron chi connectivity index (χ1n) is 12.0. The number of halogens is 1. The zero-order chi connectivity index (χ0) is 26.9. The number of hydrogen-bond acceptors (Lipinski definition) is 9. The first-order valence-corrected chi connectivity index (χ1v) is 12.0. The number of carbonyl (C=O) groups is 2. The molecule has 5 rings (SSSR count). The Balaban J connectivity index is 1.39. The summed E-state index contributed by atoms with van der Waals surface area (Å²) in [7, 11) is 0. The largest absolute Gasteiger partial charge is 0.448 e. The van der Waals surface area contributed by atoms with Gasteiger partial charge in [-0.25, -0.2) is 19.3 Å². The van der Waals surface area contributed by atoms with Crippen molar-refractivity contribution in [1.82, 2.24) is 19.9 Å². The second kappa shape index (κ2) is 9.95. The number of ether oxygens (including phenoxy) is 3. The van der Waals surface area contributed by atoms with Crippen molar-refractivity contribution >= 4 is 17.8 Å². The van der Waals surface area contributed by atoms with E-state index in [1.165, 1.54) is 12.1 Å². The molecule has 1 saturated heterocycles. The number of rotatable bonds is 9. The van der Waals surface area contributed by atoms with Crippen molar-refractivity contribution in [1.29, 1.82) is 0 Å². The van der Waals surface area contributed by atoms with E-state index in [1.807, 2.05) is 0 Å². The number of imidazole rings is 1. The highest BCUT2D eigenvalue weighted by Crippen LogP contribution is 2.42. The van der Waals surface area contributed by atoms with Crippen LogP contribution < -0.4 is 11.1 Å². The van der Waals surface area contributed by atoms with Crippen LogP contribution in [-0.4, -0.2) is 57.2 Å². The summed E-state index contributed by atoms with van der Waals surface area (Å²) in [5.41, 5.74) is 5.26. The molecular weight excluding hydrogens is 495 g/mol. The molecule has 0 unspecified atom stereocenters. The Labute approximate surface area is 217 Å². The van der Waals surface area contributed by atoms with Gasteiger partial charge in [-0.05, 0) is 37.3 Å². The first kappa shape index (κ1) is 25.5. The molecule has 38 heavy (non-hydrogen) atoms. The molecule has 4 N–H and O–H groups in total. The normalized spacial score (nSPS) is 21.9. The van der Waals surface area contributed by atoms with Crippen molar-refractivity contribution in [3.63, 3.8) is 0 Å². The number of aromatic amines is 1. The lowest BCUT2D eigenvalue weighted by molar-refractivity contribution is -0.240. The number of nitrogens with two attached hydrogens (primary N) is 1. The lowest BCUT2D eigenvalue weighted by atomic mass is 9.92. The minimum absolute atomic E-state index is 0.0314. The minimum atomic E-state index is -1.23. The van der Waals surface area contributed by atoms with Crippen molar-refractivity contribution in [2.75, 3.05) is 25.1 Å². The second-order valence-corrected chi connectivity index (χ2v) is 9.55. The molecule has 1 aliphatic carbocycles. The van der Waals surface area contributed by atoms with Gasteiger partial charge >= 0.3 is 5.97 Å². The number of primary amides is 1. The number of nitrogens with zero attached hydrogens (tertiary/aromatic N) is 3. The molecule has 1 amide bonds. The van der Waals surface area contributed by atoms with Crippen LogP contribution in [0.2, 0.25) is 0 Å². The van der Waals surface area contributed by atoms with Crippen LogP contribution in [0.1, 0.15) is 31.9 Å². The van der Waals surface area contributed by atoms with Crippen molar-refractivity contribution in [2.45, 2.75) is 31.7 Å². The summed E-state index contributed by atoms with van der Waals surface area (Å²) in [6, 6.07) is 7.62. The monoisotopic (exact) mass is 522 g/mol. The molecule has 3 heterocycles. The first-order chi connectivity index (χ1) is 18.2.